The number of halogens is 1. The molecule has 1 aliphatic heterocycles. The van der Waals surface area contributed by atoms with Gasteiger partial charge in [-0.05, 0) is 0 Å². The first-order valence-corrected chi connectivity index (χ1v) is 6.85. The average Bonchev–Trinajstić information content (AvgIpc) is 2.81. The predicted octanol–water partition coefficient (Wildman–Crippen LogP) is -0.338. The molecule has 1 aromatic heterocycles. The summed E-state index contributed by atoms with van der Waals surface area (Å²) in [5.74, 6) is 0. The lowest BCUT2D eigenvalue weighted by Crippen LogP contribution is -2.61. The van der Waals surface area contributed by atoms with Crippen molar-refractivity contribution in [2.24, 2.45) is 0 Å². The van der Waals surface area contributed by atoms with E-state index in [-0.39, 0.29) is 0 Å². The molecular formula is C10H15ClN2O5S. The Morgan fingerprint density at radius 3 is 2.79 bits per heavy atom. The number of hydrogen-bond acceptors (Lipinski definition) is 8. The average molecular weight is 311 g/mol. The molecule has 0 spiro atoms. The number of hydrogen-bond donors (Lipinski definition) is 4. The van der Waals surface area contributed by atoms with E-state index in [4.69, 9.17) is 26.2 Å². The maximum Gasteiger partial charge on any atom is 0.184 e. The number of ether oxygens (including phenoxy) is 2. The number of methoxy groups -OCH3 is 1. The van der Waals surface area contributed by atoms with Crippen molar-refractivity contribution >= 4 is 28.1 Å². The van der Waals surface area contributed by atoms with Gasteiger partial charge in [0.05, 0.1) is 6.61 Å². The largest absolute Gasteiger partial charge is 0.394 e. The van der Waals surface area contributed by atoms with Crippen molar-refractivity contribution in [1.29, 1.82) is 0 Å². The SMILES string of the molecule is CO[C@@H]1O[C@H](CO)[C@H](O)[C@H](O)[C@H]1Nc1nc(Cl)cs1. The highest BCUT2D eigenvalue weighted by molar-refractivity contribution is 7.14. The van der Waals surface area contributed by atoms with E-state index in [1.165, 1.54) is 18.4 Å². The predicted molar refractivity (Wildman–Crippen MR) is 69.3 cm³/mol. The number of aliphatic hydroxyl groups is 3. The van der Waals surface area contributed by atoms with E-state index in [0.717, 1.165) is 0 Å². The Morgan fingerprint density at radius 2 is 2.26 bits per heavy atom. The molecule has 108 valence electrons. The fourth-order valence-electron chi connectivity index (χ4n) is 1.90. The zero-order valence-corrected chi connectivity index (χ0v) is 11.6. The lowest BCUT2D eigenvalue weighted by molar-refractivity contribution is -0.254. The topological polar surface area (TPSA) is 104 Å². The zero-order chi connectivity index (χ0) is 14.0. The van der Waals surface area contributed by atoms with Gasteiger partial charge in [-0.3, -0.25) is 0 Å². The number of nitrogens with one attached hydrogen (secondary N) is 1. The van der Waals surface area contributed by atoms with E-state index in [0.29, 0.717) is 10.3 Å². The second-order valence-corrected chi connectivity index (χ2v) is 5.33. The molecule has 0 amide bonds. The lowest BCUT2D eigenvalue weighted by atomic mass is 9.97. The third-order valence-corrected chi connectivity index (χ3v) is 3.98. The van der Waals surface area contributed by atoms with Crippen molar-refractivity contribution in [1.82, 2.24) is 4.98 Å². The van der Waals surface area contributed by atoms with E-state index in [1.807, 2.05) is 0 Å². The molecule has 0 saturated carbocycles. The van der Waals surface area contributed by atoms with Crippen LogP contribution in [0.3, 0.4) is 0 Å². The minimum Gasteiger partial charge on any atom is -0.394 e. The Labute approximate surface area is 118 Å². The molecular weight excluding hydrogens is 296 g/mol. The standard InChI is InChI=1S/C10H15ClN2O5S/c1-17-9-6(13-10-12-5(11)3-19-10)8(16)7(15)4(2-14)18-9/h3-4,6-9,14-16H,2H2,1H3,(H,12,13)/t4-,6-,7+,8-,9-/m1/s1. The normalized spacial score (nSPS) is 35.3. The summed E-state index contributed by atoms with van der Waals surface area (Å²) in [4.78, 5) is 3.99. The zero-order valence-electron chi connectivity index (χ0n) is 10.1. The maximum atomic E-state index is 10.1. The van der Waals surface area contributed by atoms with Gasteiger partial charge in [-0.15, -0.1) is 11.3 Å². The Kier molecular flexibility index (Phi) is 4.96. The van der Waals surface area contributed by atoms with Gasteiger partial charge >= 0.3 is 0 Å². The Hall–Kier alpha value is -0.480. The highest BCUT2D eigenvalue weighted by Gasteiger charge is 2.44. The van der Waals surface area contributed by atoms with Crippen molar-refractivity contribution in [3.05, 3.63) is 10.5 Å². The highest BCUT2D eigenvalue weighted by atomic mass is 35.5. The lowest BCUT2D eigenvalue weighted by Gasteiger charge is -2.41. The molecule has 19 heavy (non-hydrogen) atoms. The second-order valence-electron chi connectivity index (χ2n) is 4.09. The van der Waals surface area contributed by atoms with Crippen LogP contribution in [0.4, 0.5) is 5.13 Å². The van der Waals surface area contributed by atoms with Crippen molar-refractivity contribution in [2.75, 3.05) is 19.0 Å². The van der Waals surface area contributed by atoms with Crippen molar-refractivity contribution in [3.8, 4) is 0 Å². The molecule has 0 unspecified atom stereocenters. The van der Waals surface area contributed by atoms with Crippen LogP contribution < -0.4 is 5.32 Å². The molecule has 1 aromatic rings. The molecule has 7 nitrogen and oxygen atoms in total. The van der Waals surface area contributed by atoms with Crippen LogP contribution in [0.2, 0.25) is 5.15 Å². The number of anilines is 1. The minimum atomic E-state index is -1.22. The highest BCUT2D eigenvalue weighted by Crippen LogP contribution is 2.27. The molecule has 2 heterocycles. The summed E-state index contributed by atoms with van der Waals surface area (Å²) in [5.41, 5.74) is 0. The van der Waals surface area contributed by atoms with Crippen LogP contribution in [0, 0.1) is 0 Å². The summed E-state index contributed by atoms with van der Waals surface area (Å²) < 4.78 is 10.5. The molecule has 0 bridgehead atoms. The third-order valence-electron chi connectivity index (χ3n) is 2.88. The van der Waals surface area contributed by atoms with E-state index < -0.39 is 37.3 Å². The summed E-state index contributed by atoms with van der Waals surface area (Å²) in [6.07, 6.45) is -4.10. The quantitative estimate of drug-likeness (QED) is 0.603. The van der Waals surface area contributed by atoms with E-state index in [1.54, 1.807) is 5.38 Å². The number of rotatable bonds is 4. The van der Waals surface area contributed by atoms with E-state index in [9.17, 15) is 10.2 Å². The fraction of sp³-hybridized carbons (Fsp3) is 0.700. The van der Waals surface area contributed by atoms with Gasteiger partial charge in [0.1, 0.15) is 29.5 Å². The molecule has 9 heteroatoms. The number of thiazole rings is 1. The van der Waals surface area contributed by atoms with Crippen LogP contribution in [0.5, 0.6) is 0 Å². The molecule has 1 aliphatic rings. The molecule has 1 fully saturated rings. The Balaban J connectivity index is 2.12. The van der Waals surface area contributed by atoms with Crippen molar-refractivity contribution < 1.29 is 24.8 Å². The molecule has 2 rings (SSSR count). The van der Waals surface area contributed by atoms with Crippen molar-refractivity contribution in [2.45, 2.75) is 30.6 Å². The summed E-state index contributed by atoms with van der Waals surface area (Å²) in [6, 6.07) is -0.718. The van der Waals surface area contributed by atoms with Crippen LogP contribution in [0.1, 0.15) is 0 Å². The monoisotopic (exact) mass is 310 g/mol. The maximum absolute atomic E-state index is 10.1. The van der Waals surface area contributed by atoms with Crippen LogP contribution >= 0.6 is 22.9 Å². The van der Waals surface area contributed by atoms with E-state index in [2.05, 4.69) is 10.3 Å². The van der Waals surface area contributed by atoms with Gasteiger partial charge in [-0.25, -0.2) is 4.98 Å². The summed E-state index contributed by atoms with van der Waals surface area (Å²) >= 11 is 6.97. The number of aromatic nitrogens is 1. The van der Waals surface area contributed by atoms with Gasteiger partial charge in [0.2, 0.25) is 0 Å². The summed E-state index contributed by atoms with van der Waals surface area (Å²) in [5, 5.41) is 34.3. The van der Waals surface area contributed by atoms with Crippen LogP contribution in [-0.2, 0) is 9.47 Å². The van der Waals surface area contributed by atoms with Gasteiger partial charge in [0.15, 0.2) is 11.4 Å². The summed E-state index contributed by atoms with van der Waals surface area (Å²) in [7, 11) is 1.41. The van der Waals surface area contributed by atoms with Crippen LogP contribution in [-0.4, -0.2) is 64.7 Å². The first-order chi connectivity index (χ1) is 9.06. The van der Waals surface area contributed by atoms with Gasteiger partial charge in [0, 0.05) is 12.5 Å². The van der Waals surface area contributed by atoms with Crippen molar-refractivity contribution in [3.63, 3.8) is 0 Å². The second kappa shape index (κ2) is 6.31. The molecule has 0 aliphatic carbocycles. The van der Waals surface area contributed by atoms with Gasteiger partial charge in [0.25, 0.3) is 0 Å². The van der Waals surface area contributed by atoms with Crippen LogP contribution in [0.25, 0.3) is 0 Å². The molecule has 0 aromatic carbocycles. The fourth-order valence-corrected chi connectivity index (χ4v) is 2.79. The van der Waals surface area contributed by atoms with Gasteiger partial charge < -0.3 is 30.1 Å². The van der Waals surface area contributed by atoms with Crippen LogP contribution in [0.15, 0.2) is 5.38 Å². The molecule has 1 saturated heterocycles. The molecule has 4 N–H and O–H groups in total. The summed E-state index contributed by atoms with van der Waals surface area (Å²) in [6.45, 7) is -0.409. The molecule has 5 atom stereocenters. The number of nitrogens with zero attached hydrogens (tertiary/aromatic N) is 1. The smallest absolute Gasteiger partial charge is 0.184 e. The minimum absolute atomic E-state index is 0.335. The van der Waals surface area contributed by atoms with Gasteiger partial charge in [-0.2, -0.15) is 0 Å². The Bertz CT molecular complexity index is 418. The first kappa shape index (κ1) is 14.9. The van der Waals surface area contributed by atoms with Gasteiger partial charge in [-0.1, -0.05) is 11.6 Å². The third kappa shape index (κ3) is 3.16. The Morgan fingerprint density at radius 1 is 1.53 bits per heavy atom. The number of aliphatic hydroxyl groups excluding tert-OH is 3. The molecule has 0 radical (unpaired) electrons. The van der Waals surface area contributed by atoms with E-state index >= 15 is 0 Å². The first-order valence-electron chi connectivity index (χ1n) is 5.59.